The van der Waals surface area contributed by atoms with Gasteiger partial charge in [-0.3, -0.25) is 4.79 Å². The van der Waals surface area contributed by atoms with Crippen molar-refractivity contribution in [2.75, 3.05) is 13.1 Å². The SMILES string of the molecule is C[C@@H]1CN(C(=O)C2(c3ccc(Cl)cc3)CCCC2)CC(C(=O)O)O1. The molecule has 24 heavy (non-hydrogen) atoms. The number of nitrogens with zero attached hydrogens (tertiary/aromatic N) is 1. The lowest BCUT2D eigenvalue weighted by Crippen LogP contribution is -2.56. The summed E-state index contributed by atoms with van der Waals surface area (Å²) in [4.78, 5) is 26.3. The third kappa shape index (κ3) is 3.15. The molecule has 2 atom stereocenters. The molecule has 1 aromatic carbocycles. The molecule has 0 radical (unpaired) electrons. The Balaban J connectivity index is 1.89. The second-order valence-electron chi connectivity index (χ2n) is 6.78. The summed E-state index contributed by atoms with van der Waals surface area (Å²) in [5, 5.41) is 9.90. The molecular formula is C18H22ClNO4. The van der Waals surface area contributed by atoms with Gasteiger partial charge < -0.3 is 14.7 Å². The highest BCUT2D eigenvalue weighted by Crippen LogP contribution is 2.43. The van der Waals surface area contributed by atoms with Crippen molar-refractivity contribution in [2.24, 2.45) is 0 Å². The average molecular weight is 352 g/mol. The number of rotatable bonds is 3. The van der Waals surface area contributed by atoms with E-state index in [0.717, 1.165) is 31.2 Å². The summed E-state index contributed by atoms with van der Waals surface area (Å²) in [7, 11) is 0. The Kier molecular flexibility index (Phi) is 4.83. The Morgan fingerprint density at radius 3 is 2.42 bits per heavy atom. The van der Waals surface area contributed by atoms with Crippen molar-refractivity contribution in [1.29, 1.82) is 0 Å². The van der Waals surface area contributed by atoms with Crippen molar-refractivity contribution in [3.05, 3.63) is 34.9 Å². The molecule has 6 heteroatoms. The summed E-state index contributed by atoms with van der Waals surface area (Å²) in [5.41, 5.74) is 0.408. The van der Waals surface area contributed by atoms with Crippen LogP contribution in [0.25, 0.3) is 0 Å². The van der Waals surface area contributed by atoms with E-state index in [0.29, 0.717) is 11.6 Å². The first kappa shape index (κ1) is 17.2. The number of amides is 1. The second-order valence-corrected chi connectivity index (χ2v) is 7.22. The summed E-state index contributed by atoms with van der Waals surface area (Å²) < 4.78 is 5.43. The van der Waals surface area contributed by atoms with Gasteiger partial charge in [-0.05, 0) is 37.5 Å². The van der Waals surface area contributed by atoms with E-state index in [4.69, 9.17) is 16.3 Å². The van der Waals surface area contributed by atoms with E-state index < -0.39 is 17.5 Å². The summed E-state index contributed by atoms with van der Waals surface area (Å²) in [5.74, 6) is -1.00. The van der Waals surface area contributed by atoms with E-state index in [2.05, 4.69) is 0 Å². The Hall–Kier alpha value is -1.59. The van der Waals surface area contributed by atoms with Crippen molar-refractivity contribution in [3.63, 3.8) is 0 Å². The molecule has 5 nitrogen and oxygen atoms in total. The maximum Gasteiger partial charge on any atom is 0.334 e. The van der Waals surface area contributed by atoms with Crippen LogP contribution in [0.15, 0.2) is 24.3 Å². The van der Waals surface area contributed by atoms with Crippen LogP contribution in [0.2, 0.25) is 5.02 Å². The number of ether oxygens (including phenoxy) is 1. The standard InChI is InChI=1S/C18H22ClNO4/c1-12-10-20(11-15(24-12)16(21)22)17(23)18(8-2-3-9-18)13-4-6-14(19)7-5-13/h4-7,12,15H,2-3,8-11H2,1H3,(H,21,22)/t12-,15?/m1/s1. The molecule has 1 heterocycles. The molecule has 0 spiro atoms. The molecule has 1 unspecified atom stereocenters. The number of morpholine rings is 1. The van der Waals surface area contributed by atoms with Gasteiger partial charge in [-0.25, -0.2) is 4.79 Å². The zero-order chi connectivity index (χ0) is 17.3. The zero-order valence-corrected chi connectivity index (χ0v) is 14.5. The van der Waals surface area contributed by atoms with Gasteiger partial charge in [-0.2, -0.15) is 0 Å². The van der Waals surface area contributed by atoms with E-state index in [1.807, 2.05) is 24.3 Å². The highest BCUT2D eigenvalue weighted by atomic mass is 35.5. The number of hydrogen-bond acceptors (Lipinski definition) is 3. The van der Waals surface area contributed by atoms with E-state index in [1.165, 1.54) is 0 Å². The predicted octanol–water partition coefficient (Wildman–Crippen LogP) is 2.85. The molecule has 1 amide bonds. The van der Waals surface area contributed by atoms with Crippen molar-refractivity contribution in [3.8, 4) is 0 Å². The molecule has 1 saturated heterocycles. The van der Waals surface area contributed by atoms with Crippen LogP contribution >= 0.6 is 11.6 Å². The number of hydrogen-bond donors (Lipinski definition) is 1. The Morgan fingerprint density at radius 2 is 1.83 bits per heavy atom. The molecule has 1 aliphatic carbocycles. The molecule has 1 aliphatic heterocycles. The van der Waals surface area contributed by atoms with E-state index in [-0.39, 0.29) is 18.6 Å². The second kappa shape index (κ2) is 6.73. The molecule has 0 aromatic heterocycles. The maximum absolute atomic E-state index is 13.4. The normalized spacial score (nSPS) is 26.3. The van der Waals surface area contributed by atoms with Gasteiger partial charge in [0.25, 0.3) is 0 Å². The highest BCUT2D eigenvalue weighted by Gasteiger charge is 2.47. The van der Waals surface area contributed by atoms with Crippen LogP contribution in [0, 0.1) is 0 Å². The van der Waals surface area contributed by atoms with Gasteiger partial charge in [0.2, 0.25) is 5.91 Å². The molecule has 2 fully saturated rings. The molecule has 3 rings (SSSR count). The molecule has 0 bridgehead atoms. The van der Waals surface area contributed by atoms with Crippen LogP contribution in [0.1, 0.15) is 38.2 Å². The lowest BCUT2D eigenvalue weighted by molar-refractivity contribution is -0.168. The van der Waals surface area contributed by atoms with Crippen LogP contribution in [0.5, 0.6) is 0 Å². The van der Waals surface area contributed by atoms with Gasteiger partial charge in [-0.15, -0.1) is 0 Å². The van der Waals surface area contributed by atoms with Crippen LogP contribution in [-0.4, -0.2) is 47.2 Å². The van der Waals surface area contributed by atoms with Crippen molar-refractivity contribution in [2.45, 2.75) is 50.2 Å². The van der Waals surface area contributed by atoms with E-state index >= 15 is 0 Å². The van der Waals surface area contributed by atoms with Crippen molar-refractivity contribution < 1.29 is 19.4 Å². The first-order valence-electron chi connectivity index (χ1n) is 8.36. The minimum absolute atomic E-state index is 0.0173. The van der Waals surface area contributed by atoms with E-state index in [1.54, 1.807) is 11.8 Å². The van der Waals surface area contributed by atoms with Crippen LogP contribution in [0.4, 0.5) is 0 Å². The number of carbonyl (C=O) groups excluding carboxylic acids is 1. The third-order valence-electron chi connectivity index (χ3n) is 5.09. The maximum atomic E-state index is 13.4. The first-order valence-corrected chi connectivity index (χ1v) is 8.74. The van der Waals surface area contributed by atoms with E-state index in [9.17, 15) is 14.7 Å². The largest absolute Gasteiger partial charge is 0.479 e. The number of carboxylic acid groups (broad SMARTS) is 1. The number of carbonyl (C=O) groups is 2. The fourth-order valence-electron chi connectivity index (χ4n) is 3.93. The fourth-order valence-corrected chi connectivity index (χ4v) is 4.06. The lowest BCUT2D eigenvalue weighted by atomic mass is 9.77. The van der Waals surface area contributed by atoms with Crippen LogP contribution in [-0.2, 0) is 19.7 Å². The third-order valence-corrected chi connectivity index (χ3v) is 5.34. The Bertz CT molecular complexity index is 624. The number of carboxylic acids is 1. The van der Waals surface area contributed by atoms with Gasteiger partial charge in [0.15, 0.2) is 6.10 Å². The summed E-state index contributed by atoms with van der Waals surface area (Å²) >= 11 is 5.99. The van der Waals surface area contributed by atoms with Crippen LogP contribution < -0.4 is 0 Å². The predicted molar refractivity (Wildman–Crippen MR) is 90.1 cm³/mol. The van der Waals surface area contributed by atoms with Crippen LogP contribution in [0.3, 0.4) is 0 Å². The molecular weight excluding hydrogens is 330 g/mol. The number of benzene rings is 1. The topological polar surface area (TPSA) is 66.8 Å². The first-order chi connectivity index (χ1) is 11.4. The summed E-state index contributed by atoms with van der Waals surface area (Å²) in [6, 6.07) is 7.46. The smallest absolute Gasteiger partial charge is 0.334 e. The molecule has 2 aliphatic rings. The Labute approximate surface area is 146 Å². The fraction of sp³-hybridized carbons (Fsp3) is 0.556. The minimum atomic E-state index is -1.02. The summed E-state index contributed by atoms with van der Waals surface area (Å²) in [6.07, 6.45) is 2.33. The van der Waals surface area contributed by atoms with Crippen molar-refractivity contribution in [1.82, 2.24) is 4.90 Å². The lowest BCUT2D eigenvalue weighted by Gasteiger charge is -2.40. The highest BCUT2D eigenvalue weighted by molar-refractivity contribution is 6.30. The van der Waals surface area contributed by atoms with Gasteiger partial charge >= 0.3 is 5.97 Å². The minimum Gasteiger partial charge on any atom is -0.479 e. The zero-order valence-electron chi connectivity index (χ0n) is 13.7. The van der Waals surface area contributed by atoms with Gasteiger partial charge in [0, 0.05) is 11.6 Å². The van der Waals surface area contributed by atoms with Crippen molar-refractivity contribution >= 4 is 23.5 Å². The quantitative estimate of drug-likeness (QED) is 0.909. The molecule has 1 aromatic rings. The number of aliphatic carboxylic acids is 1. The molecule has 130 valence electrons. The molecule has 1 saturated carbocycles. The summed E-state index contributed by atoms with van der Waals surface area (Å²) in [6.45, 7) is 2.34. The van der Waals surface area contributed by atoms with Gasteiger partial charge in [-0.1, -0.05) is 36.6 Å². The molecule has 1 N–H and O–H groups in total. The Morgan fingerprint density at radius 1 is 1.21 bits per heavy atom. The number of halogens is 1. The monoisotopic (exact) mass is 351 g/mol. The van der Waals surface area contributed by atoms with Gasteiger partial charge in [0.1, 0.15) is 0 Å². The average Bonchev–Trinajstić information content (AvgIpc) is 3.05. The van der Waals surface area contributed by atoms with Gasteiger partial charge in [0.05, 0.1) is 18.1 Å².